The van der Waals surface area contributed by atoms with Crippen molar-refractivity contribution in [3.05, 3.63) is 58.7 Å². The van der Waals surface area contributed by atoms with Gasteiger partial charge in [0, 0.05) is 35.4 Å². The fourth-order valence-corrected chi connectivity index (χ4v) is 4.64. The summed E-state index contributed by atoms with van der Waals surface area (Å²) in [5.41, 5.74) is 2.68. The van der Waals surface area contributed by atoms with Gasteiger partial charge < -0.3 is 14.8 Å². The van der Waals surface area contributed by atoms with Gasteiger partial charge in [0.05, 0.1) is 6.61 Å². The van der Waals surface area contributed by atoms with E-state index in [0.717, 1.165) is 33.7 Å². The number of carbonyl (C=O) groups is 2. The van der Waals surface area contributed by atoms with E-state index in [2.05, 4.69) is 17.4 Å². The zero-order valence-corrected chi connectivity index (χ0v) is 20.6. The van der Waals surface area contributed by atoms with Crippen LogP contribution < -0.4 is 10.1 Å². The molecule has 1 fully saturated rings. The first kappa shape index (κ1) is 24.3. The van der Waals surface area contributed by atoms with E-state index in [1.165, 1.54) is 0 Å². The van der Waals surface area contributed by atoms with Gasteiger partial charge in [-0.15, -0.1) is 11.8 Å². The molecule has 1 heterocycles. The molecule has 1 N–H and O–H groups in total. The third-order valence-corrected chi connectivity index (χ3v) is 6.70. The van der Waals surface area contributed by atoms with E-state index in [1.54, 1.807) is 32.5 Å². The van der Waals surface area contributed by atoms with Crippen molar-refractivity contribution in [2.75, 3.05) is 26.0 Å². The molecule has 3 rings (SSSR count). The molecule has 0 bridgehead atoms. The number of Topliss-reactive ketones (excluding diaryl/α,β-unsaturated/α-hetero) is 1. The second kappa shape index (κ2) is 10.1. The average Bonchev–Trinajstić information content (AvgIpc) is 3.26. The van der Waals surface area contributed by atoms with Crippen LogP contribution in [0.4, 0.5) is 0 Å². The minimum atomic E-state index is -1.08. The summed E-state index contributed by atoms with van der Waals surface area (Å²) in [5, 5.41) is 3.40. The molecule has 0 amide bonds. The van der Waals surface area contributed by atoms with Gasteiger partial charge in [0.15, 0.2) is 11.4 Å². The van der Waals surface area contributed by atoms with Gasteiger partial charge in [0.1, 0.15) is 5.75 Å². The summed E-state index contributed by atoms with van der Waals surface area (Å²) in [4.78, 5) is 26.7. The van der Waals surface area contributed by atoms with Gasteiger partial charge in [-0.3, -0.25) is 4.79 Å². The van der Waals surface area contributed by atoms with Crippen molar-refractivity contribution in [2.24, 2.45) is 5.92 Å². The summed E-state index contributed by atoms with van der Waals surface area (Å²) in [5.74, 6) is 0.449. The molecular weight excluding hydrogens is 422 g/mol. The molecule has 0 saturated carbocycles. The topological polar surface area (TPSA) is 64.6 Å². The maximum Gasteiger partial charge on any atom is 0.349 e. The predicted molar refractivity (Wildman–Crippen MR) is 129 cm³/mol. The Balaban J connectivity index is 1.84. The van der Waals surface area contributed by atoms with Crippen LogP contribution in [0.3, 0.4) is 0 Å². The molecule has 1 unspecified atom stereocenters. The van der Waals surface area contributed by atoms with Crippen molar-refractivity contribution in [1.82, 2.24) is 5.32 Å². The van der Waals surface area contributed by atoms with Crippen LogP contribution in [0.25, 0.3) is 0 Å². The molecule has 1 aliphatic rings. The van der Waals surface area contributed by atoms with Gasteiger partial charge in [0.25, 0.3) is 0 Å². The number of esters is 1. The molecule has 5 nitrogen and oxygen atoms in total. The quantitative estimate of drug-likeness (QED) is 0.346. The highest BCUT2D eigenvalue weighted by Gasteiger charge is 2.36. The molecule has 0 aliphatic carbocycles. The SMILES string of the molecule is CCOC(=O)C(C)(C)Oc1c(C)cc(C2CNC[C@H]2C(=O)c2ccc(SC)cc2)cc1C. The highest BCUT2D eigenvalue weighted by Crippen LogP contribution is 2.36. The zero-order valence-electron chi connectivity index (χ0n) is 19.8. The number of ether oxygens (including phenoxy) is 2. The molecule has 2 aromatic rings. The van der Waals surface area contributed by atoms with Crippen LogP contribution in [-0.4, -0.2) is 43.3 Å². The van der Waals surface area contributed by atoms with Crippen molar-refractivity contribution >= 4 is 23.5 Å². The van der Waals surface area contributed by atoms with Gasteiger partial charge in [-0.2, -0.15) is 0 Å². The Labute approximate surface area is 195 Å². The highest BCUT2D eigenvalue weighted by atomic mass is 32.2. The number of hydrogen-bond acceptors (Lipinski definition) is 6. The third kappa shape index (κ3) is 5.18. The molecule has 2 aromatic carbocycles. The Morgan fingerprint density at radius 3 is 2.28 bits per heavy atom. The molecule has 0 aromatic heterocycles. The van der Waals surface area contributed by atoms with E-state index in [-0.39, 0.29) is 23.6 Å². The summed E-state index contributed by atoms with van der Waals surface area (Å²) in [7, 11) is 0. The molecular formula is C26H33NO4S. The lowest BCUT2D eigenvalue weighted by atomic mass is 9.82. The first-order chi connectivity index (χ1) is 15.2. The lowest BCUT2D eigenvalue weighted by Gasteiger charge is -2.27. The Kier molecular flexibility index (Phi) is 7.67. The van der Waals surface area contributed by atoms with Crippen molar-refractivity contribution < 1.29 is 19.1 Å². The number of benzene rings is 2. The van der Waals surface area contributed by atoms with Gasteiger partial charge in [-0.05, 0) is 69.7 Å². The van der Waals surface area contributed by atoms with Crippen LogP contribution in [0.5, 0.6) is 5.75 Å². The largest absolute Gasteiger partial charge is 0.476 e. The number of carbonyl (C=O) groups excluding carboxylic acids is 2. The van der Waals surface area contributed by atoms with Gasteiger partial charge in [-0.1, -0.05) is 24.3 Å². The molecule has 6 heteroatoms. The second-order valence-electron chi connectivity index (χ2n) is 8.78. The Morgan fingerprint density at radius 2 is 1.72 bits per heavy atom. The smallest absolute Gasteiger partial charge is 0.349 e. The van der Waals surface area contributed by atoms with E-state index in [9.17, 15) is 9.59 Å². The fraction of sp³-hybridized carbons (Fsp3) is 0.462. The molecule has 0 spiro atoms. The van der Waals surface area contributed by atoms with Crippen LogP contribution in [-0.2, 0) is 9.53 Å². The van der Waals surface area contributed by atoms with Crippen molar-refractivity contribution in [2.45, 2.75) is 51.0 Å². The third-order valence-electron chi connectivity index (χ3n) is 5.96. The monoisotopic (exact) mass is 455 g/mol. The lowest BCUT2D eigenvalue weighted by molar-refractivity contribution is -0.158. The van der Waals surface area contributed by atoms with Crippen molar-refractivity contribution in [1.29, 1.82) is 0 Å². The zero-order chi connectivity index (χ0) is 23.5. The van der Waals surface area contributed by atoms with E-state index in [0.29, 0.717) is 18.9 Å². The molecule has 32 heavy (non-hydrogen) atoms. The van der Waals surface area contributed by atoms with Crippen LogP contribution in [0.15, 0.2) is 41.3 Å². The van der Waals surface area contributed by atoms with Crippen molar-refractivity contribution in [3.63, 3.8) is 0 Å². The second-order valence-corrected chi connectivity index (χ2v) is 9.66. The van der Waals surface area contributed by atoms with Crippen LogP contribution in [0, 0.1) is 19.8 Å². The van der Waals surface area contributed by atoms with Crippen molar-refractivity contribution in [3.8, 4) is 5.75 Å². The number of hydrogen-bond donors (Lipinski definition) is 1. The summed E-state index contributed by atoms with van der Waals surface area (Å²) in [6, 6.07) is 12.0. The number of thioether (sulfide) groups is 1. The summed E-state index contributed by atoms with van der Waals surface area (Å²) in [6.45, 7) is 10.9. The number of ketones is 1. The predicted octanol–water partition coefficient (Wildman–Crippen LogP) is 4.93. The standard InChI is InChI=1S/C26H33NO4S/c1-7-30-25(29)26(4,5)31-24-16(2)12-19(13-17(24)3)21-14-27-15-22(21)23(28)18-8-10-20(32-6)11-9-18/h8-13,21-22,27H,7,14-15H2,1-6H3/t21?,22-/m1/s1. The van der Waals surface area contributed by atoms with E-state index in [4.69, 9.17) is 9.47 Å². The average molecular weight is 456 g/mol. The summed E-state index contributed by atoms with van der Waals surface area (Å²) < 4.78 is 11.3. The Morgan fingerprint density at radius 1 is 1.09 bits per heavy atom. The minimum Gasteiger partial charge on any atom is -0.476 e. The van der Waals surface area contributed by atoms with Crippen LogP contribution in [0.1, 0.15) is 53.7 Å². The molecule has 0 radical (unpaired) electrons. The van der Waals surface area contributed by atoms with E-state index >= 15 is 0 Å². The normalized spacial score (nSPS) is 18.4. The number of nitrogens with one attached hydrogen (secondary N) is 1. The number of aryl methyl sites for hydroxylation is 2. The molecule has 2 atom stereocenters. The number of rotatable bonds is 8. The van der Waals surface area contributed by atoms with Gasteiger partial charge in [-0.25, -0.2) is 4.79 Å². The Hall–Kier alpha value is -2.31. The van der Waals surface area contributed by atoms with Crippen LogP contribution >= 0.6 is 11.8 Å². The van der Waals surface area contributed by atoms with E-state index in [1.807, 2.05) is 44.4 Å². The fourth-order valence-electron chi connectivity index (χ4n) is 4.23. The minimum absolute atomic E-state index is 0.0900. The van der Waals surface area contributed by atoms with Crippen LogP contribution in [0.2, 0.25) is 0 Å². The summed E-state index contributed by atoms with van der Waals surface area (Å²) in [6.07, 6.45) is 2.03. The molecule has 1 aliphatic heterocycles. The van der Waals surface area contributed by atoms with Gasteiger partial charge >= 0.3 is 5.97 Å². The summed E-state index contributed by atoms with van der Waals surface area (Å²) >= 11 is 1.67. The van der Waals surface area contributed by atoms with E-state index < -0.39 is 5.60 Å². The Bertz CT molecular complexity index is 961. The maximum absolute atomic E-state index is 13.3. The molecule has 1 saturated heterocycles. The first-order valence-corrected chi connectivity index (χ1v) is 12.3. The molecule has 172 valence electrons. The first-order valence-electron chi connectivity index (χ1n) is 11.0. The van der Waals surface area contributed by atoms with Gasteiger partial charge in [0.2, 0.25) is 0 Å². The lowest BCUT2D eigenvalue weighted by Crippen LogP contribution is -2.40. The highest BCUT2D eigenvalue weighted by molar-refractivity contribution is 7.98. The maximum atomic E-state index is 13.3.